The number of hydrogen-bond donors (Lipinski definition) is 1. The van der Waals surface area contributed by atoms with Gasteiger partial charge in [0.2, 0.25) is 6.33 Å². The van der Waals surface area contributed by atoms with Crippen LogP contribution in [0, 0.1) is 0 Å². The third kappa shape index (κ3) is 3.61. The maximum absolute atomic E-state index is 3.89. The molecule has 1 rings (SSSR count). The van der Waals surface area contributed by atoms with Gasteiger partial charge in [-0.05, 0) is 0 Å². The van der Waals surface area contributed by atoms with E-state index in [1.807, 2.05) is 12.4 Å². The Morgan fingerprint density at radius 2 is 2.29 bits per heavy atom. The van der Waals surface area contributed by atoms with E-state index in [0.29, 0.717) is 0 Å². The second-order valence-corrected chi connectivity index (χ2v) is 0.811. The van der Waals surface area contributed by atoms with Crippen molar-refractivity contribution >= 4 is 21.5 Å². The van der Waals surface area contributed by atoms with E-state index in [-0.39, 0.29) is 0 Å². The molecule has 0 saturated heterocycles. The summed E-state index contributed by atoms with van der Waals surface area (Å²) in [6.45, 7) is 0. The van der Waals surface area contributed by atoms with E-state index in [1.54, 1.807) is 6.33 Å². The molecule has 1 aromatic heterocycles. The average Bonchev–Trinajstić information content (AvgIpc) is 2.23. The summed E-state index contributed by atoms with van der Waals surface area (Å²) >= 11 is 3.89. The lowest BCUT2D eigenvalue weighted by Gasteiger charge is -1.55. The minimum atomic E-state index is 1.75. The SMILES string of the molecule is [Si][S-].c1c[nH+]c[nH]1. The normalized spacial score (nSPS) is 6.57. The molecule has 0 amide bonds. The summed E-state index contributed by atoms with van der Waals surface area (Å²) in [7, 11) is 2.56. The van der Waals surface area contributed by atoms with E-state index in [0.717, 1.165) is 0 Å². The van der Waals surface area contributed by atoms with E-state index in [4.69, 9.17) is 0 Å². The Kier molecular flexibility index (Phi) is 5.59. The van der Waals surface area contributed by atoms with Crippen molar-refractivity contribution in [2.75, 3.05) is 0 Å². The smallest absolute Gasteiger partial charge is 0.239 e. The Morgan fingerprint density at radius 3 is 2.43 bits per heavy atom. The van der Waals surface area contributed by atoms with Gasteiger partial charge in [0.1, 0.15) is 12.4 Å². The first kappa shape index (κ1) is 6.78. The summed E-state index contributed by atoms with van der Waals surface area (Å²) in [5.74, 6) is 0. The lowest BCUT2D eigenvalue weighted by Crippen LogP contribution is -1.87. The largest absolute Gasteiger partial charge is 0.808 e. The van der Waals surface area contributed by atoms with Gasteiger partial charge in [-0.25, -0.2) is 0 Å². The van der Waals surface area contributed by atoms with Gasteiger partial charge in [-0.2, -0.15) is 9.39 Å². The molecule has 0 aliphatic carbocycles. The highest BCUT2D eigenvalue weighted by Crippen LogP contribution is 1.53. The fourth-order valence-electron chi connectivity index (χ4n) is 0.241. The summed E-state index contributed by atoms with van der Waals surface area (Å²) in [6, 6.07) is 0. The van der Waals surface area contributed by atoms with Crippen LogP contribution in [0.3, 0.4) is 0 Å². The van der Waals surface area contributed by atoms with Crippen LogP contribution in [-0.2, 0) is 12.1 Å². The van der Waals surface area contributed by atoms with Crippen molar-refractivity contribution in [1.29, 1.82) is 0 Å². The van der Waals surface area contributed by atoms with Gasteiger partial charge in [-0.1, -0.05) is 0 Å². The highest BCUT2D eigenvalue weighted by atomic mass is 32.3. The van der Waals surface area contributed by atoms with Gasteiger partial charge < -0.3 is 12.1 Å². The molecule has 7 heavy (non-hydrogen) atoms. The number of imidazole rings is 1. The Bertz CT molecular complexity index is 69.4. The van der Waals surface area contributed by atoms with Gasteiger partial charge >= 0.3 is 0 Å². The molecule has 2 nitrogen and oxygen atoms in total. The Labute approximate surface area is 50.8 Å². The first-order valence-electron chi connectivity index (χ1n) is 1.69. The fourth-order valence-corrected chi connectivity index (χ4v) is 0.241. The number of rotatable bonds is 0. The molecule has 0 aliphatic heterocycles. The van der Waals surface area contributed by atoms with Crippen LogP contribution in [0.15, 0.2) is 18.7 Å². The molecule has 0 atom stereocenters. The van der Waals surface area contributed by atoms with E-state index < -0.39 is 0 Å². The molecule has 0 unspecified atom stereocenters. The van der Waals surface area contributed by atoms with Crippen LogP contribution in [0.25, 0.3) is 0 Å². The van der Waals surface area contributed by atoms with Crippen LogP contribution < -0.4 is 4.98 Å². The Hall–Kier alpha value is -0.223. The maximum Gasteiger partial charge on any atom is 0.239 e. The maximum atomic E-state index is 3.89. The van der Waals surface area contributed by atoms with Gasteiger partial charge in [0.05, 0.1) is 0 Å². The molecule has 0 fully saturated rings. The van der Waals surface area contributed by atoms with Gasteiger partial charge in [-0.3, -0.25) is 9.97 Å². The van der Waals surface area contributed by atoms with Crippen LogP contribution in [-0.4, -0.2) is 14.4 Å². The standard InChI is InChI=1S/C3H4N2.SSi/c1-2-5-3-4-1;1-2/h1-3H,(H,4,5);/q;-1/p+1. The van der Waals surface area contributed by atoms with Crippen LogP contribution in [0.1, 0.15) is 0 Å². The first-order valence-corrected chi connectivity index (χ1v) is 3.33. The summed E-state index contributed by atoms with van der Waals surface area (Å²) < 4.78 is 0. The van der Waals surface area contributed by atoms with E-state index >= 15 is 0 Å². The van der Waals surface area contributed by atoms with Crippen molar-refractivity contribution in [3.8, 4) is 0 Å². The van der Waals surface area contributed by atoms with Gasteiger partial charge in [0.15, 0.2) is 0 Å². The number of aromatic amines is 2. The van der Waals surface area contributed by atoms with Crippen molar-refractivity contribution in [3.05, 3.63) is 18.7 Å². The van der Waals surface area contributed by atoms with E-state index in [9.17, 15) is 0 Å². The highest BCUT2D eigenvalue weighted by molar-refractivity contribution is 7.84. The van der Waals surface area contributed by atoms with Crippen LogP contribution in [0.5, 0.6) is 0 Å². The molecular formula is C3H5N2SSi. The van der Waals surface area contributed by atoms with Gasteiger partial charge in [-0.15, -0.1) is 0 Å². The topological polar surface area (TPSA) is 29.9 Å². The zero-order valence-corrected chi connectivity index (χ0v) is 5.46. The molecule has 2 N–H and O–H groups in total. The second-order valence-electron chi connectivity index (χ2n) is 0.811. The summed E-state index contributed by atoms with van der Waals surface area (Å²) in [6.07, 6.45) is 5.39. The molecule has 0 aromatic carbocycles. The zero-order valence-electron chi connectivity index (χ0n) is 3.64. The predicted octanol–water partition coefficient (Wildman–Crippen LogP) is -0.554. The first-order chi connectivity index (χ1) is 3.50. The molecule has 0 aliphatic rings. The molecular weight excluding hydrogens is 124 g/mol. The molecule has 0 bridgehead atoms. The number of hydrogen-bond acceptors (Lipinski definition) is 1. The molecule has 1 heterocycles. The van der Waals surface area contributed by atoms with Crippen molar-refractivity contribution in [2.45, 2.75) is 0 Å². The summed E-state index contributed by atoms with van der Waals surface area (Å²) in [5.41, 5.74) is 0. The monoisotopic (exact) mass is 129 g/mol. The summed E-state index contributed by atoms with van der Waals surface area (Å²) in [4.78, 5) is 5.61. The second kappa shape index (κ2) is 5.78. The Morgan fingerprint density at radius 1 is 1.57 bits per heavy atom. The van der Waals surface area contributed by atoms with Crippen molar-refractivity contribution in [2.24, 2.45) is 0 Å². The lowest BCUT2D eigenvalue weighted by atomic mass is 11.0. The molecule has 0 spiro atoms. The number of aromatic nitrogens is 2. The van der Waals surface area contributed by atoms with Gasteiger partial charge in [0.25, 0.3) is 0 Å². The van der Waals surface area contributed by atoms with Crippen LogP contribution in [0.2, 0.25) is 0 Å². The van der Waals surface area contributed by atoms with Crippen molar-refractivity contribution in [1.82, 2.24) is 4.98 Å². The molecule has 37 valence electrons. The molecule has 4 heteroatoms. The molecule has 1 aromatic rings. The highest BCUT2D eigenvalue weighted by Gasteiger charge is 1.65. The quantitative estimate of drug-likeness (QED) is 0.369. The Balaban J connectivity index is 0.000000162. The minimum absolute atomic E-state index is 1.75. The average molecular weight is 129 g/mol. The predicted molar refractivity (Wildman–Crippen MR) is 30.5 cm³/mol. The number of nitrogens with one attached hydrogen (secondary N) is 2. The third-order valence-electron chi connectivity index (χ3n) is 0.442. The van der Waals surface area contributed by atoms with Crippen LogP contribution >= 0.6 is 0 Å². The summed E-state index contributed by atoms with van der Waals surface area (Å²) in [5, 5.41) is 0. The van der Waals surface area contributed by atoms with Gasteiger partial charge in [0, 0.05) is 0 Å². The number of H-pyrrole nitrogens is 2. The molecule has 3 radical (unpaired) electrons. The van der Waals surface area contributed by atoms with Crippen molar-refractivity contribution in [3.63, 3.8) is 0 Å². The minimum Gasteiger partial charge on any atom is -0.808 e. The van der Waals surface area contributed by atoms with E-state index in [1.165, 1.54) is 0 Å². The lowest BCUT2D eigenvalue weighted by molar-refractivity contribution is -0.375. The van der Waals surface area contributed by atoms with E-state index in [2.05, 4.69) is 31.4 Å². The van der Waals surface area contributed by atoms with Crippen molar-refractivity contribution < 1.29 is 4.98 Å². The molecule has 0 saturated carbocycles. The van der Waals surface area contributed by atoms with Crippen LogP contribution in [0.4, 0.5) is 0 Å². The fraction of sp³-hybridized carbons (Fsp3) is 0. The zero-order chi connectivity index (χ0) is 5.54. The third-order valence-corrected chi connectivity index (χ3v) is 0.442.